The van der Waals surface area contributed by atoms with Crippen molar-refractivity contribution in [2.45, 2.75) is 39.0 Å². The summed E-state index contributed by atoms with van der Waals surface area (Å²) in [4.78, 5) is 0.474. The molecule has 0 bridgehead atoms. The molecule has 1 aliphatic heterocycles. The van der Waals surface area contributed by atoms with Gasteiger partial charge in [-0.2, -0.15) is 0 Å². The average Bonchev–Trinajstić information content (AvgIpc) is 2.90. The number of hydrogen-bond donors (Lipinski definition) is 0. The summed E-state index contributed by atoms with van der Waals surface area (Å²) in [6, 6.07) is 9.82. The second kappa shape index (κ2) is 5.13. The van der Waals surface area contributed by atoms with Crippen molar-refractivity contribution in [3.8, 4) is 0 Å². The van der Waals surface area contributed by atoms with E-state index in [1.807, 2.05) is 52.0 Å². The topological polar surface area (TPSA) is 37.4 Å². The quantitative estimate of drug-likeness (QED) is 0.848. The lowest BCUT2D eigenvalue weighted by atomic mass is 10.0. The molecule has 22 heavy (non-hydrogen) atoms. The average molecular weight is 315 g/mol. The normalized spacial score (nSPS) is 14.3. The fourth-order valence-electron chi connectivity index (χ4n) is 3.24. The van der Waals surface area contributed by atoms with Crippen LogP contribution in [0.15, 0.2) is 35.2 Å². The van der Waals surface area contributed by atoms with Gasteiger partial charge in [0.2, 0.25) is 0 Å². The van der Waals surface area contributed by atoms with E-state index in [-0.39, 0.29) is 0 Å². The number of aryl methyl sites for hydroxylation is 2. The molecule has 0 unspecified atom stereocenters. The molecule has 0 spiro atoms. The Morgan fingerprint density at radius 2 is 1.55 bits per heavy atom. The van der Waals surface area contributed by atoms with Crippen LogP contribution in [0.25, 0.3) is 0 Å². The first-order valence-electron chi connectivity index (χ1n) is 7.52. The van der Waals surface area contributed by atoms with Crippen molar-refractivity contribution < 1.29 is 8.42 Å². The van der Waals surface area contributed by atoms with Gasteiger partial charge in [0.05, 0.1) is 10.6 Å². The molecule has 3 nitrogen and oxygen atoms in total. The largest absolute Gasteiger partial charge is 0.266 e. The number of rotatable bonds is 2. The summed E-state index contributed by atoms with van der Waals surface area (Å²) in [5.74, 6) is 0. The molecule has 4 heteroatoms. The molecule has 0 saturated carbocycles. The van der Waals surface area contributed by atoms with E-state index in [9.17, 15) is 8.42 Å². The molecule has 1 heterocycles. The first-order valence-corrected chi connectivity index (χ1v) is 8.96. The summed E-state index contributed by atoms with van der Waals surface area (Å²) >= 11 is 0. The molecule has 0 atom stereocenters. The zero-order valence-electron chi connectivity index (χ0n) is 13.5. The second-order valence-corrected chi connectivity index (χ2v) is 7.84. The highest BCUT2D eigenvalue weighted by Gasteiger charge is 2.33. The van der Waals surface area contributed by atoms with Crippen molar-refractivity contribution in [1.82, 2.24) is 0 Å². The van der Waals surface area contributed by atoms with E-state index in [0.717, 1.165) is 39.9 Å². The van der Waals surface area contributed by atoms with Crippen LogP contribution < -0.4 is 4.31 Å². The third kappa shape index (κ3) is 2.13. The van der Waals surface area contributed by atoms with Crippen molar-refractivity contribution in [2.24, 2.45) is 0 Å². The molecule has 1 aliphatic rings. The summed E-state index contributed by atoms with van der Waals surface area (Å²) in [6.45, 7) is 8.26. The molecule has 3 rings (SSSR count). The SMILES string of the molecule is Cc1cc(C)c(C)c(S(=O)(=O)N2CCc3ccccc32)c1C. The molecule has 0 aliphatic carbocycles. The molecule has 0 fully saturated rings. The molecule has 0 aromatic heterocycles. The standard InChI is InChI=1S/C18H21NO2S/c1-12-11-13(2)15(4)18(14(12)3)22(20,21)19-10-9-16-7-5-6-8-17(16)19/h5-8,11H,9-10H2,1-4H3. The number of sulfonamides is 1. The van der Waals surface area contributed by atoms with Gasteiger partial charge >= 0.3 is 0 Å². The maximum absolute atomic E-state index is 13.3. The Balaban J connectivity index is 2.22. The highest BCUT2D eigenvalue weighted by molar-refractivity contribution is 7.93. The van der Waals surface area contributed by atoms with Gasteiger partial charge in [-0.05, 0) is 68.0 Å². The van der Waals surface area contributed by atoms with E-state index < -0.39 is 10.0 Å². The van der Waals surface area contributed by atoms with Gasteiger partial charge in [-0.3, -0.25) is 4.31 Å². The third-order valence-corrected chi connectivity index (χ3v) is 6.78. The van der Waals surface area contributed by atoms with Crippen LogP contribution >= 0.6 is 0 Å². The zero-order chi connectivity index (χ0) is 16.1. The Labute approximate surface area is 132 Å². The fourth-order valence-corrected chi connectivity index (χ4v) is 5.32. The minimum absolute atomic E-state index is 0.474. The predicted octanol–water partition coefficient (Wildman–Crippen LogP) is 3.67. The molecular formula is C18H21NO2S. The number of anilines is 1. The van der Waals surface area contributed by atoms with E-state index >= 15 is 0 Å². The number of hydrogen-bond acceptors (Lipinski definition) is 2. The van der Waals surface area contributed by atoms with Crippen molar-refractivity contribution >= 4 is 15.7 Å². The minimum Gasteiger partial charge on any atom is -0.266 e. The summed E-state index contributed by atoms with van der Waals surface area (Å²) in [5, 5.41) is 0. The van der Waals surface area contributed by atoms with E-state index in [2.05, 4.69) is 6.07 Å². The lowest BCUT2D eigenvalue weighted by molar-refractivity contribution is 0.590. The smallest absolute Gasteiger partial charge is 0.264 e. The van der Waals surface area contributed by atoms with Gasteiger partial charge < -0.3 is 0 Å². The maximum Gasteiger partial charge on any atom is 0.264 e. The van der Waals surface area contributed by atoms with Gasteiger partial charge in [-0.15, -0.1) is 0 Å². The lowest BCUT2D eigenvalue weighted by Crippen LogP contribution is -2.30. The molecule has 2 aromatic carbocycles. The van der Waals surface area contributed by atoms with E-state index in [1.165, 1.54) is 0 Å². The summed E-state index contributed by atoms with van der Waals surface area (Å²) in [5.41, 5.74) is 5.68. The Kier molecular flexibility index (Phi) is 3.52. The van der Waals surface area contributed by atoms with Crippen LogP contribution in [0.2, 0.25) is 0 Å². The zero-order valence-corrected chi connectivity index (χ0v) is 14.3. The Morgan fingerprint density at radius 3 is 2.18 bits per heavy atom. The van der Waals surface area contributed by atoms with Gasteiger partial charge in [0.15, 0.2) is 0 Å². The second-order valence-electron chi connectivity index (χ2n) is 6.05. The molecular weight excluding hydrogens is 294 g/mol. The Morgan fingerprint density at radius 1 is 0.955 bits per heavy atom. The first-order chi connectivity index (χ1) is 10.3. The van der Waals surface area contributed by atoms with Crippen molar-refractivity contribution in [2.75, 3.05) is 10.8 Å². The number of benzene rings is 2. The van der Waals surface area contributed by atoms with Crippen LogP contribution in [0, 0.1) is 27.7 Å². The van der Waals surface area contributed by atoms with Gasteiger partial charge in [-0.1, -0.05) is 24.3 Å². The molecule has 0 radical (unpaired) electrons. The molecule has 0 saturated heterocycles. The lowest BCUT2D eigenvalue weighted by Gasteiger charge is -2.23. The van der Waals surface area contributed by atoms with Crippen molar-refractivity contribution in [1.29, 1.82) is 0 Å². The van der Waals surface area contributed by atoms with Gasteiger partial charge in [0, 0.05) is 6.54 Å². The molecule has 116 valence electrons. The van der Waals surface area contributed by atoms with Gasteiger partial charge in [0.1, 0.15) is 0 Å². The predicted molar refractivity (Wildman–Crippen MR) is 90.1 cm³/mol. The van der Waals surface area contributed by atoms with Crippen LogP contribution in [-0.2, 0) is 16.4 Å². The van der Waals surface area contributed by atoms with E-state index in [4.69, 9.17) is 0 Å². The van der Waals surface area contributed by atoms with Crippen molar-refractivity contribution in [3.05, 3.63) is 58.1 Å². The third-order valence-electron chi connectivity index (χ3n) is 4.69. The van der Waals surface area contributed by atoms with Crippen LogP contribution in [0.5, 0.6) is 0 Å². The van der Waals surface area contributed by atoms with E-state index in [0.29, 0.717) is 11.4 Å². The summed E-state index contributed by atoms with van der Waals surface area (Å²) < 4.78 is 28.1. The monoisotopic (exact) mass is 315 g/mol. The molecule has 0 amide bonds. The first kappa shape index (κ1) is 15.1. The molecule has 0 N–H and O–H groups in total. The maximum atomic E-state index is 13.3. The molecule has 2 aromatic rings. The summed E-state index contributed by atoms with van der Waals surface area (Å²) in [7, 11) is -3.53. The fraction of sp³-hybridized carbons (Fsp3) is 0.333. The number of para-hydroxylation sites is 1. The van der Waals surface area contributed by atoms with Crippen LogP contribution in [0.4, 0.5) is 5.69 Å². The Hall–Kier alpha value is -1.81. The van der Waals surface area contributed by atoms with Gasteiger partial charge in [0.25, 0.3) is 10.0 Å². The van der Waals surface area contributed by atoms with Crippen LogP contribution in [-0.4, -0.2) is 15.0 Å². The van der Waals surface area contributed by atoms with Crippen LogP contribution in [0.3, 0.4) is 0 Å². The number of nitrogens with zero attached hydrogens (tertiary/aromatic N) is 1. The Bertz CT molecular complexity index is 827. The van der Waals surface area contributed by atoms with Gasteiger partial charge in [-0.25, -0.2) is 8.42 Å². The summed E-state index contributed by atoms with van der Waals surface area (Å²) in [6.07, 6.45) is 0.776. The highest BCUT2D eigenvalue weighted by atomic mass is 32.2. The van der Waals surface area contributed by atoms with E-state index in [1.54, 1.807) is 4.31 Å². The minimum atomic E-state index is -3.53. The number of fused-ring (bicyclic) bond motifs is 1. The highest BCUT2D eigenvalue weighted by Crippen LogP contribution is 2.36. The van der Waals surface area contributed by atoms with Crippen molar-refractivity contribution in [3.63, 3.8) is 0 Å². The van der Waals surface area contributed by atoms with Crippen LogP contribution in [0.1, 0.15) is 27.8 Å².